The number of alkyl halides is 1. The van der Waals surface area contributed by atoms with Gasteiger partial charge in [-0.1, -0.05) is 37.4 Å². The number of hydrogen-bond donors (Lipinski definition) is 5. The first-order valence-electron chi connectivity index (χ1n) is 14.7. The van der Waals surface area contributed by atoms with Crippen molar-refractivity contribution in [1.82, 2.24) is 16.0 Å². The number of ether oxygens (including phenoxy) is 3. The van der Waals surface area contributed by atoms with Crippen LogP contribution < -0.4 is 31.2 Å². The van der Waals surface area contributed by atoms with Gasteiger partial charge in [-0.25, -0.2) is 4.79 Å². The maximum atomic E-state index is 13.6. The van der Waals surface area contributed by atoms with Gasteiger partial charge in [0.15, 0.2) is 4.11 Å². The fraction of sp³-hybridized carbons (Fsp3) is 0.394. The second-order valence-corrected chi connectivity index (χ2v) is 12.0. The number of benzene rings is 2. The summed E-state index contributed by atoms with van der Waals surface area (Å²) in [7, 11) is 1.24. The van der Waals surface area contributed by atoms with Gasteiger partial charge in [0.2, 0.25) is 17.7 Å². The predicted octanol–water partition coefficient (Wildman–Crippen LogP) is 3.43. The fourth-order valence-electron chi connectivity index (χ4n) is 4.40. The Kier molecular flexibility index (Phi) is 17.2. The summed E-state index contributed by atoms with van der Waals surface area (Å²) in [5.41, 5.74) is 7.11. The van der Waals surface area contributed by atoms with Gasteiger partial charge in [0, 0.05) is 24.7 Å². The Bertz CT molecular complexity index is 1340. The Hall–Kier alpha value is -3.56. The zero-order valence-electron chi connectivity index (χ0n) is 26.1. The highest BCUT2D eigenvalue weighted by atomic mass is 127. The SMILES string of the molecule is C=CCOc1ccc(C[C@H](NC(=O)[C@@H](CCCCN)NC(=O)[C@H](Cc2ccc(O[C@H](I)C=C)cc2S)NC(C)=O)C(=O)OC)cc1. The Balaban J connectivity index is 2.23. The van der Waals surface area contributed by atoms with E-state index in [0.29, 0.717) is 48.0 Å². The van der Waals surface area contributed by atoms with Gasteiger partial charge in [-0.05, 0) is 89.9 Å². The maximum absolute atomic E-state index is 13.6. The number of rotatable bonds is 20. The lowest BCUT2D eigenvalue weighted by Gasteiger charge is -2.25. The van der Waals surface area contributed by atoms with Crippen LogP contribution in [0.15, 0.2) is 72.7 Å². The Morgan fingerprint density at radius 2 is 1.59 bits per heavy atom. The highest BCUT2D eigenvalue weighted by Gasteiger charge is 2.30. The molecule has 5 N–H and O–H groups in total. The maximum Gasteiger partial charge on any atom is 0.328 e. The summed E-state index contributed by atoms with van der Waals surface area (Å²) in [5, 5.41) is 8.18. The van der Waals surface area contributed by atoms with Gasteiger partial charge >= 0.3 is 5.97 Å². The molecule has 0 saturated carbocycles. The first kappa shape index (κ1) is 38.6. The second-order valence-electron chi connectivity index (χ2n) is 10.3. The third kappa shape index (κ3) is 13.4. The second kappa shape index (κ2) is 20.5. The third-order valence-corrected chi connectivity index (χ3v) is 7.90. The lowest BCUT2D eigenvalue weighted by Crippen LogP contribution is -2.56. The van der Waals surface area contributed by atoms with Crippen molar-refractivity contribution in [1.29, 1.82) is 0 Å². The number of unbranched alkanes of at least 4 members (excludes halogenated alkanes) is 1. The number of halogens is 1. The Morgan fingerprint density at radius 1 is 0.935 bits per heavy atom. The van der Waals surface area contributed by atoms with Crippen molar-refractivity contribution in [2.75, 3.05) is 20.3 Å². The molecule has 13 heteroatoms. The molecule has 46 heavy (non-hydrogen) atoms. The molecule has 0 aromatic heterocycles. The lowest BCUT2D eigenvalue weighted by molar-refractivity contribution is -0.145. The van der Waals surface area contributed by atoms with Crippen LogP contribution in [0.3, 0.4) is 0 Å². The smallest absolute Gasteiger partial charge is 0.328 e. The van der Waals surface area contributed by atoms with Gasteiger partial charge in [-0.3, -0.25) is 14.4 Å². The van der Waals surface area contributed by atoms with Crippen molar-refractivity contribution in [3.63, 3.8) is 0 Å². The molecule has 0 fully saturated rings. The summed E-state index contributed by atoms with van der Waals surface area (Å²) in [6, 6.07) is 9.26. The molecule has 3 amide bonds. The van der Waals surface area contributed by atoms with Crippen LogP contribution in [-0.2, 0) is 36.8 Å². The molecule has 2 aromatic carbocycles. The monoisotopic (exact) mass is 766 g/mol. The van der Waals surface area contributed by atoms with E-state index in [1.807, 2.05) is 0 Å². The molecule has 2 aromatic rings. The Morgan fingerprint density at radius 3 is 2.17 bits per heavy atom. The van der Waals surface area contributed by atoms with E-state index in [9.17, 15) is 19.2 Å². The largest absolute Gasteiger partial charge is 0.490 e. The number of carbonyl (C=O) groups is 4. The molecule has 0 unspecified atom stereocenters. The average molecular weight is 767 g/mol. The summed E-state index contributed by atoms with van der Waals surface area (Å²) in [6.45, 7) is 9.39. The van der Waals surface area contributed by atoms with Crippen LogP contribution in [0, 0.1) is 0 Å². The van der Waals surface area contributed by atoms with Crippen LogP contribution in [0.5, 0.6) is 11.5 Å². The minimum Gasteiger partial charge on any atom is -0.490 e. The number of esters is 1. The van der Waals surface area contributed by atoms with E-state index in [0.717, 1.165) is 5.56 Å². The zero-order chi connectivity index (χ0) is 34.1. The summed E-state index contributed by atoms with van der Waals surface area (Å²) in [6.07, 6.45) is 4.96. The van der Waals surface area contributed by atoms with E-state index in [2.05, 4.69) is 64.3 Å². The van der Waals surface area contributed by atoms with Crippen molar-refractivity contribution < 1.29 is 33.4 Å². The van der Waals surface area contributed by atoms with Gasteiger partial charge < -0.3 is 35.9 Å². The molecule has 0 radical (unpaired) electrons. The standard InChI is InChI=1S/C33H43IN4O7S/c1-5-17-44-24-13-10-22(11-14-24)18-28(33(42)43-4)38-31(40)26(9-7-8-16-35)37-32(41)27(36-21(3)39)19-23-12-15-25(20-29(23)46)45-30(34)6-2/h5-6,10-15,20,26-28,30,46H,1-2,7-9,16-19,35H2,3-4H3,(H,36,39)(H,37,41)(H,38,40)/t26-,27+,28+,30+/m1/s1. The molecule has 0 bridgehead atoms. The predicted molar refractivity (Wildman–Crippen MR) is 188 cm³/mol. The van der Waals surface area contributed by atoms with E-state index in [4.69, 9.17) is 19.9 Å². The molecule has 0 heterocycles. The third-order valence-electron chi connectivity index (χ3n) is 6.72. The number of nitrogens with two attached hydrogens (primary N) is 1. The van der Waals surface area contributed by atoms with Crippen molar-refractivity contribution in [2.45, 2.75) is 66.2 Å². The Labute approximate surface area is 289 Å². The van der Waals surface area contributed by atoms with Crippen LogP contribution in [0.1, 0.15) is 37.3 Å². The van der Waals surface area contributed by atoms with Crippen molar-refractivity contribution >= 4 is 58.9 Å². The molecule has 2 rings (SSSR count). The number of amides is 3. The number of nitrogens with one attached hydrogen (secondary N) is 3. The summed E-state index contributed by atoms with van der Waals surface area (Å²) >= 11 is 6.64. The van der Waals surface area contributed by atoms with Crippen LogP contribution >= 0.6 is 35.2 Å². The van der Waals surface area contributed by atoms with E-state index < -0.39 is 41.8 Å². The van der Waals surface area contributed by atoms with Gasteiger partial charge in [-0.15, -0.1) is 12.6 Å². The topological polar surface area (TPSA) is 158 Å². The van der Waals surface area contributed by atoms with Gasteiger partial charge in [0.25, 0.3) is 0 Å². The van der Waals surface area contributed by atoms with E-state index in [1.165, 1.54) is 14.0 Å². The number of methoxy groups -OCH3 is 1. The highest BCUT2D eigenvalue weighted by Crippen LogP contribution is 2.24. The van der Waals surface area contributed by atoms with Gasteiger partial charge in [-0.2, -0.15) is 0 Å². The first-order chi connectivity index (χ1) is 22.0. The molecule has 4 atom stereocenters. The number of thiol groups is 1. The van der Waals surface area contributed by atoms with E-state index >= 15 is 0 Å². The van der Waals surface area contributed by atoms with Crippen LogP contribution in [-0.4, -0.2) is 66.2 Å². The normalized spacial score (nSPS) is 13.2. The number of hydrogen-bond acceptors (Lipinski definition) is 9. The van der Waals surface area contributed by atoms with Crippen molar-refractivity contribution in [2.24, 2.45) is 5.73 Å². The van der Waals surface area contributed by atoms with Crippen LogP contribution in [0.4, 0.5) is 0 Å². The molecule has 0 aliphatic carbocycles. The summed E-state index contributed by atoms with van der Waals surface area (Å²) in [4.78, 5) is 52.4. The van der Waals surface area contributed by atoms with Crippen LogP contribution in [0.25, 0.3) is 0 Å². The first-order valence-corrected chi connectivity index (χ1v) is 16.4. The fourth-order valence-corrected chi connectivity index (χ4v) is 4.98. The molecule has 250 valence electrons. The van der Waals surface area contributed by atoms with E-state index in [-0.39, 0.29) is 23.4 Å². The molecule has 0 spiro atoms. The summed E-state index contributed by atoms with van der Waals surface area (Å²) in [5.74, 6) is -0.994. The van der Waals surface area contributed by atoms with E-state index in [1.54, 1.807) is 54.6 Å². The number of carbonyl (C=O) groups excluding carboxylic acids is 4. The quantitative estimate of drug-likeness (QED) is 0.0343. The molecule has 0 aliphatic heterocycles. The zero-order valence-corrected chi connectivity index (χ0v) is 29.2. The molecular weight excluding hydrogens is 723 g/mol. The minimum atomic E-state index is -1.02. The molecule has 11 nitrogen and oxygen atoms in total. The van der Waals surface area contributed by atoms with Gasteiger partial charge in [0.05, 0.1) is 7.11 Å². The van der Waals surface area contributed by atoms with Gasteiger partial charge in [0.1, 0.15) is 36.2 Å². The molecule has 0 aliphatic rings. The van der Waals surface area contributed by atoms with Crippen molar-refractivity contribution in [3.8, 4) is 11.5 Å². The summed E-state index contributed by atoms with van der Waals surface area (Å²) < 4.78 is 16.0. The van der Waals surface area contributed by atoms with Crippen LogP contribution in [0.2, 0.25) is 0 Å². The molecule has 0 saturated heterocycles. The van der Waals surface area contributed by atoms with Crippen molar-refractivity contribution in [3.05, 3.63) is 78.9 Å². The average Bonchev–Trinajstić information content (AvgIpc) is 3.03. The minimum absolute atomic E-state index is 0.105. The molecular formula is C33H43IN4O7S. The highest BCUT2D eigenvalue weighted by molar-refractivity contribution is 14.1. The lowest BCUT2D eigenvalue weighted by atomic mass is 10.0.